The van der Waals surface area contributed by atoms with Crippen LogP contribution in [0.15, 0.2) is 30.6 Å². The van der Waals surface area contributed by atoms with Crippen LogP contribution in [0.3, 0.4) is 0 Å². The van der Waals surface area contributed by atoms with E-state index in [9.17, 15) is 0 Å². The summed E-state index contributed by atoms with van der Waals surface area (Å²) in [5.41, 5.74) is 3.35. The van der Waals surface area contributed by atoms with Crippen molar-refractivity contribution in [3.8, 4) is 11.8 Å². The van der Waals surface area contributed by atoms with E-state index in [1.54, 1.807) is 12.4 Å². The molecule has 1 heterocycles. The molecule has 2 heteroatoms. The Balaban J connectivity index is 2.08. The maximum atomic E-state index is 4.30. The SMILES string of the molecule is CC(C)(C)CC#CCc1ccc2nccnc2c1. The summed E-state index contributed by atoms with van der Waals surface area (Å²) < 4.78 is 0. The van der Waals surface area contributed by atoms with Crippen molar-refractivity contribution in [1.29, 1.82) is 0 Å². The number of aromatic nitrogens is 2. The number of hydrogen-bond acceptors (Lipinski definition) is 2. The van der Waals surface area contributed by atoms with Gasteiger partial charge in [0.25, 0.3) is 0 Å². The molecule has 0 spiro atoms. The van der Waals surface area contributed by atoms with E-state index in [-0.39, 0.29) is 5.41 Å². The highest BCUT2D eigenvalue weighted by molar-refractivity contribution is 5.74. The summed E-state index contributed by atoms with van der Waals surface area (Å²) in [5.74, 6) is 6.46. The van der Waals surface area contributed by atoms with Crippen molar-refractivity contribution in [2.75, 3.05) is 0 Å². The molecule has 1 aromatic carbocycles. The molecule has 0 radical (unpaired) electrons. The largest absolute Gasteiger partial charge is 0.253 e. The Morgan fingerprint density at radius 1 is 1.00 bits per heavy atom. The zero-order valence-corrected chi connectivity index (χ0v) is 11.2. The highest BCUT2D eigenvalue weighted by atomic mass is 14.8. The molecular weight excluding hydrogens is 220 g/mol. The fraction of sp³-hybridized carbons (Fsp3) is 0.375. The van der Waals surface area contributed by atoms with Crippen LogP contribution in [0.25, 0.3) is 11.0 Å². The van der Waals surface area contributed by atoms with Gasteiger partial charge < -0.3 is 0 Å². The predicted molar refractivity (Wildman–Crippen MR) is 75.1 cm³/mol. The van der Waals surface area contributed by atoms with Gasteiger partial charge in [-0.1, -0.05) is 32.8 Å². The van der Waals surface area contributed by atoms with Crippen molar-refractivity contribution in [1.82, 2.24) is 9.97 Å². The average Bonchev–Trinajstić information content (AvgIpc) is 2.33. The summed E-state index contributed by atoms with van der Waals surface area (Å²) in [7, 11) is 0. The lowest BCUT2D eigenvalue weighted by Crippen LogP contribution is -2.02. The lowest BCUT2D eigenvalue weighted by molar-refractivity contribution is 0.428. The smallest absolute Gasteiger partial charge is 0.0889 e. The van der Waals surface area contributed by atoms with Gasteiger partial charge in [0.1, 0.15) is 0 Å². The van der Waals surface area contributed by atoms with E-state index in [1.807, 2.05) is 6.07 Å². The number of hydrogen-bond donors (Lipinski definition) is 0. The fourth-order valence-electron chi connectivity index (χ4n) is 1.61. The molecule has 0 aliphatic carbocycles. The molecule has 1 aromatic heterocycles. The highest BCUT2D eigenvalue weighted by Crippen LogP contribution is 2.17. The molecule has 0 N–H and O–H groups in total. The third-order valence-electron chi connectivity index (χ3n) is 2.57. The van der Waals surface area contributed by atoms with Crippen LogP contribution in [-0.4, -0.2) is 9.97 Å². The molecule has 18 heavy (non-hydrogen) atoms. The standard InChI is InChI=1S/C16H18N2/c1-16(2,3)9-5-4-6-13-7-8-14-15(12-13)18-11-10-17-14/h7-8,10-12H,6,9H2,1-3H3. The van der Waals surface area contributed by atoms with E-state index in [0.29, 0.717) is 0 Å². The van der Waals surface area contributed by atoms with Crippen LogP contribution in [0.4, 0.5) is 0 Å². The molecule has 0 aliphatic heterocycles. The first-order chi connectivity index (χ1) is 8.54. The Morgan fingerprint density at radius 3 is 2.44 bits per heavy atom. The van der Waals surface area contributed by atoms with Crippen molar-refractivity contribution < 1.29 is 0 Å². The van der Waals surface area contributed by atoms with Gasteiger partial charge in [-0.05, 0) is 23.1 Å². The fourth-order valence-corrected chi connectivity index (χ4v) is 1.61. The Kier molecular flexibility index (Phi) is 3.62. The average molecular weight is 238 g/mol. The molecule has 2 aromatic rings. The van der Waals surface area contributed by atoms with Gasteiger partial charge in [0, 0.05) is 25.2 Å². The molecule has 0 aliphatic rings. The third-order valence-corrected chi connectivity index (χ3v) is 2.57. The second kappa shape index (κ2) is 5.18. The highest BCUT2D eigenvalue weighted by Gasteiger charge is 2.06. The van der Waals surface area contributed by atoms with Crippen LogP contribution in [0.1, 0.15) is 32.8 Å². The minimum atomic E-state index is 0.280. The molecule has 0 unspecified atom stereocenters. The Morgan fingerprint density at radius 2 is 1.72 bits per heavy atom. The molecule has 2 nitrogen and oxygen atoms in total. The second-order valence-corrected chi connectivity index (χ2v) is 5.65. The van der Waals surface area contributed by atoms with Gasteiger partial charge in [0.15, 0.2) is 0 Å². The predicted octanol–water partition coefficient (Wildman–Crippen LogP) is 3.61. The summed E-state index contributed by atoms with van der Waals surface area (Å²) in [6, 6.07) is 6.14. The minimum absolute atomic E-state index is 0.280. The van der Waals surface area contributed by atoms with Crippen LogP contribution in [0.2, 0.25) is 0 Å². The topological polar surface area (TPSA) is 25.8 Å². The molecule has 0 fully saturated rings. The van der Waals surface area contributed by atoms with Crippen LogP contribution >= 0.6 is 0 Å². The molecule has 0 saturated carbocycles. The summed E-state index contributed by atoms with van der Waals surface area (Å²) >= 11 is 0. The zero-order chi connectivity index (χ0) is 13.0. The molecular formula is C16H18N2. The summed E-state index contributed by atoms with van der Waals surface area (Å²) in [5, 5.41) is 0. The number of benzene rings is 1. The van der Waals surface area contributed by atoms with E-state index in [1.165, 1.54) is 5.56 Å². The first-order valence-electron chi connectivity index (χ1n) is 6.20. The first kappa shape index (κ1) is 12.6. The molecule has 0 atom stereocenters. The molecule has 0 bridgehead atoms. The quantitative estimate of drug-likeness (QED) is 0.709. The molecule has 2 rings (SSSR count). The maximum Gasteiger partial charge on any atom is 0.0889 e. The summed E-state index contributed by atoms with van der Waals surface area (Å²) in [6.07, 6.45) is 5.14. The van der Waals surface area contributed by atoms with Crippen molar-refractivity contribution in [2.45, 2.75) is 33.6 Å². The first-order valence-corrected chi connectivity index (χ1v) is 6.20. The van der Waals surface area contributed by atoms with Gasteiger partial charge in [-0.15, -0.1) is 5.92 Å². The number of nitrogens with zero attached hydrogens (tertiary/aromatic N) is 2. The lowest BCUT2D eigenvalue weighted by atomic mass is 9.93. The van der Waals surface area contributed by atoms with Crippen LogP contribution in [0, 0.1) is 17.3 Å². The van der Waals surface area contributed by atoms with Crippen molar-refractivity contribution >= 4 is 11.0 Å². The van der Waals surface area contributed by atoms with Crippen molar-refractivity contribution in [2.24, 2.45) is 5.41 Å². The van der Waals surface area contributed by atoms with E-state index in [2.05, 4.69) is 54.7 Å². The number of fused-ring (bicyclic) bond motifs is 1. The van der Waals surface area contributed by atoms with Gasteiger partial charge in [-0.2, -0.15) is 0 Å². The van der Waals surface area contributed by atoms with Gasteiger partial charge in [-0.25, -0.2) is 0 Å². The Bertz CT molecular complexity index is 598. The number of rotatable bonds is 1. The molecule has 0 saturated heterocycles. The van der Waals surface area contributed by atoms with Crippen LogP contribution in [0.5, 0.6) is 0 Å². The Labute approximate surface area is 108 Å². The zero-order valence-electron chi connectivity index (χ0n) is 11.2. The van der Waals surface area contributed by atoms with Crippen LogP contribution in [-0.2, 0) is 6.42 Å². The maximum absolute atomic E-state index is 4.30. The second-order valence-electron chi connectivity index (χ2n) is 5.65. The molecule has 0 amide bonds. The van der Waals surface area contributed by atoms with Gasteiger partial charge >= 0.3 is 0 Å². The summed E-state index contributed by atoms with van der Waals surface area (Å²) in [6.45, 7) is 6.61. The van der Waals surface area contributed by atoms with E-state index >= 15 is 0 Å². The minimum Gasteiger partial charge on any atom is -0.253 e. The van der Waals surface area contributed by atoms with E-state index in [4.69, 9.17) is 0 Å². The van der Waals surface area contributed by atoms with Crippen LogP contribution < -0.4 is 0 Å². The van der Waals surface area contributed by atoms with Gasteiger partial charge in [0.05, 0.1) is 11.0 Å². The van der Waals surface area contributed by atoms with Gasteiger partial charge in [0.2, 0.25) is 0 Å². The van der Waals surface area contributed by atoms with Crippen molar-refractivity contribution in [3.05, 3.63) is 36.2 Å². The monoisotopic (exact) mass is 238 g/mol. The Hall–Kier alpha value is -1.88. The summed E-state index contributed by atoms with van der Waals surface area (Å²) in [4.78, 5) is 8.55. The third kappa shape index (κ3) is 3.56. The van der Waals surface area contributed by atoms with Gasteiger partial charge in [-0.3, -0.25) is 9.97 Å². The molecule has 92 valence electrons. The van der Waals surface area contributed by atoms with E-state index in [0.717, 1.165) is 23.9 Å². The van der Waals surface area contributed by atoms with Crippen molar-refractivity contribution in [3.63, 3.8) is 0 Å². The lowest BCUT2D eigenvalue weighted by Gasteiger charge is -2.12. The normalized spacial score (nSPS) is 11.1. The van der Waals surface area contributed by atoms with E-state index < -0.39 is 0 Å².